The summed E-state index contributed by atoms with van der Waals surface area (Å²) in [4.78, 5) is 0. The van der Waals surface area contributed by atoms with Gasteiger partial charge in [-0.3, -0.25) is 0 Å². The standard InChI is InChI=1S/C40H84BrP/c1-5-9-13-17-19-21-23-25-27-29-31-35-39-42(41,37-33-15-11-7-3,38-34-16-12-8-4)40-36-32-30-28-26-24-22-20-18-14-10-6-2/h5-40H2,1-4H3. The minimum Gasteiger partial charge on any atom is -0.0654 e. The first-order chi connectivity index (χ1) is 20.5. The third-order valence-electron chi connectivity index (χ3n) is 10.3. The molecular weight excluding hydrogens is 591 g/mol. The monoisotopic (exact) mass is 675 g/mol. The quantitative estimate of drug-likeness (QED) is 0.0458. The molecule has 0 aromatic carbocycles. The Balaban J connectivity index is 4.60. The summed E-state index contributed by atoms with van der Waals surface area (Å²) in [6.45, 7) is 9.39. The van der Waals surface area contributed by atoms with Gasteiger partial charge in [-0.05, 0) is 0 Å². The molecule has 0 rings (SSSR count). The third-order valence-corrected chi connectivity index (χ3v) is 20.3. The molecule has 0 bridgehead atoms. The summed E-state index contributed by atoms with van der Waals surface area (Å²) in [5, 5.41) is -1.78. The van der Waals surface area contributed by atoms with Crippen molar-refractivity contribution >= 4 is 20.8 Å². The van der Waals surface area contributed by atoms with Gasteiger partial charge >= 0.3 is 252 Å². The molecule has 2 heteroatoms. The van der Waals surface area contributed by atoms with Crippen LogP contribution in [0.4, 0.5) is 0 Å². The van der Waals surface area contributed by atoms with E-state index in [0.717, 1.165) is 0 Å². The fourth-order valence-corrected chi connectivity index (χ4v) is 15.6. The second-order valence-electron chi connectivity index (χ2n) is 14.6. The Hall–Kier alpha value is 0.910. The van der Waals surface area contributed by atoms with Crippen molar-refractivity contribution in [3.05, 3.63) is 0 Å². The Labute approximate surface area is 277 Å². The van der Waals surface area contributed by atoms with Crippen LogP contribution in [0.15, 0.2) is 0 Å². The van der Waals surface area contributed by atoms with Crippen LogP contribution in [0.5, 0.6) is 0 Å². The van der Waals surface area contributed by atoms with Crippen LogP contribution in [0.1, 0.15) is 233 Å². The molecule has 0 fully saturated rings. The minimum atomic E-state index is -1.78. The van der Waals surface area contributed by atoms with Crippen LogP contribution in [0, 0.1) is 0 Å². The SMILES string of the molecule is CCCCCCCCCCCCCCP(Br)(CCCCCC)(CCCCCC)CCCCCCCCCCCCCC. The van der Waals surface area contributed by atoms with Crippen molar-refractivity contribution in [3.8, 4) is 0 Å². The van der Waals surface area contributed by atoms with Gasteiger partial charge in [-0.15, -0.1) is 0 Å². The second-order valence-corrected chi connectivity index (χ2v) is 26.1. The molecule has 0 saturated carbocycles. The Bertz CT molecular complexity index is 474. The summed E-state index contributed by atoms with van der Waals surface area (Å²) in [6, 6.07) is 0. The average molecular weight is 676 g/mol. The topological polar surface area (TPSA) is 0 Å². The zero-order chi connectivity index (χ0) is 30.9. The number of unbranched alkanes of at least 4 members (excludes halogenated alkanes) is 28. The summed E-state index contributed by atoms with van der Waals surface area (Å²) in [7, 11) is 0. The fourth-order valence-electron chi connectivity index (χ4n) is 7.23. The molecule has 0 N–H and O–H groups in total. The number of hydrogen-bond acceptors (Lipinski definition) is 0. The average Bonchev–Trinajstić information content (AvgIpc) is 2.99. The van der Waals surface area contributed by atoms with E-state index in [-0.39, 0.29) is 0 Å². The van der Waals surface area contributed by atoms with Crippen molar-refractivity contribution in [2.45, 2.75) is 233 Å². The van der Waals surface area contributed by atoms with Crippen molar-refractivity contribution in [1.29, 1.82) is 0 Å². The van der Waals surface area contributed by atoms with Crippen molar-refractivity contribution < 1.29 is 0 Å². The minimum absolute atomic E-state index is 1.37. The van der Waals surface area contributed by atoms with Gasteiger partial charge in [0.2, 0.25) is 0 Å². The molecule has 0 radical (unpaired) electrons. The van der Waals surface area contributed by atoms with E-state index in [1.165, 1.54) is 205 Å². The fraction of sp³-hybridized carbons (Fsp3) is 1.00. The van der Waals surface area contributed by atoms with Crippen molar-refractivity contribution in [1.82, 2.24) is 0 Å². The Morgan fingerprint density at radius 2 is 0.381 bits per heavy atom. The summed E-state index contributed by atoms with van der Waals surface area (Å²) in [5.41, 5.74) is 0. The van der Waals surface area contributed by atoms with Gasteiger partial charge in [0.1, 0.15) is 0 Å². The molecule has 0 aromatic heterocycles. The van der Waals surface area contributed by atoms with Crippen LogP contribution in [-0.4, -0.2) is 24.6 Å². The van der Waals surface area contributed by atoms with E-state index in [2.05, 4.69) is 27.7 Å². The summed E-state index contributed by atoms with van der Waals surface area (Å²) in [5.74, 6) is 0. The molecule has 0 heterocycles. The first-order valence-electron chi connectivity index (χ1n) is 20.3. The van der Waals surface area contributed by atoms with E-state index < -0.39 is 5.31 Å². The van der Waals surface area contributed by atoms with E-state index in [1.807, 2.05) is 0 Å². The maximum absolute atomic E-state index is 4.79. The van der Waals surface area contributed by atoms with Crippen LogP contribution < -0.4 is 0 Å². The third kappa shape index (κ3) is 27.2. The van der Waals surface area contributed by atoms with Crippen LogP contribution in [0.25, 0.3) is 0 Å². The van der Waals surface area contributed by atoms with Gasteiger partial charge in [-0.1, -0.05) is 26.7 Å². The van der Waals surface area contributed by atoms with Crippen LogP contribution >= 0.6 is 20.8 Å². The van der Waals surface area contributed by atoms with Gasteiger partial charge in [-0.2, -0.15) is 0 Å². The van der Waals surface area contributed by atoms with Gasteiger partial charge in [0.15, 0.2) is 0 Å². The first-order valence-corrected chi connectivity index (χ1v) is 25.3. The Morgan fingerprint density at radius 1 is 0.238 bits per heavy atom. The molecule has 0 aliphatic heterocycles. The zero-order valence-electron chi connectivity index (χ0n) is 30.3. The molecule has 0 aliphatic rings. The Morgan fingerprint density at radius 3 is 0.571 bits per heavy atom. The molecule has 0 saturated heterocycles. The predicted octanol–water partition coefficient (Wildman–Crippen LogP) is 16.4. The number of rotatable bonds is 36. The maximum atomic E-state index is 4.79. The van der Waals surface area contributed by atoms with Crippen LogP contribution in [0.2, 0.25) is 0 Å². The smallest absolute Gasteiger partial charge is 0.0654 e. The molecule has 0 unspecified atom stereocenters. The number of halogens is 1. The Kier molecular flexibility index (Phi) is 32.6. The van der Waals surface area contributed by atoms with E-state index in [0.29, 0.717) is 0 Å². The number of hydrogen-bond donors (Lipinski definition) is 0. The molecule has 0 nitrogen and oxygen atoms in total. The summed E-state index contributed by atoms with van der Waals surface area (Å²) in [6.07, 6.45) is 53.0. The van der Waals surface area contributed by atoms with E-state index in [1.54, 1.807) is 24.6 Å². The first kappa shape index (κ1) is 42.9. The predicted molar refractivity (Wildman–Crippen MR) is 206 cm³/mol. The van der Waals surface area contributed by atoms with E-state index in [9.17, 15) is 0 Å². The zero-order valence-corrected chi connectivity index (χ0v) is 32.8. The van der Waals surface area contributed by atoms with Crippen LogP contribution in [-0.2, 0) is 0 Å². The molecule has 42 heavy (non-hydrogen) atoms. The molecule has 0 aliphatic carbocycles. The van der Waals surface area contributed by atoms with Crippen molar-refractivity contribution in [2.75, 3.05) is 24.6 Å². The summed E-state index contributed by atoms with van der Waals surface area (Å²) >= 11 is 4.79. The second kappa shape index (κ2) is 31.9. The van der Waals surface area contributed by atoms with Gasteiger partial charge in [0.05, 0.1) is 0 Å². The van der Waals surface area contributed by atoms with Crippen molar-refractivity contribution in [2.24, 2.45) is 0 Å². The van der Waals surface area contributed by atoms with E-state index in [4.69, 9.17) is 15.5 Å². The van der Waals surface area contributed by atoms with Gasteiger partial charge in [0, 0.05) is 0 Å². The molecule has 0 aromatic rings. The van der Waals surface area contributed by atoms with Gasteiger partial charge in [-0.25, -0.2) is 0 Å². The molecule has 256 valence electrons. The van der Waals surface area contributed by atoms with Crippen molar-refractivity contribution in [3.63, 3.8) is 0 Å². The summed E-state index contributed by atoms with van der Waals surface area (Å²) < 4.78 is 0. The molecule has 0 spiro atoms. The normalized spacial score (nSPS) is 13.0. The molecule has 0 atom stereocenters. The van der Waals surface area contributed by atoms with Gasteiger partial charge in [0.25, 0.3) is 0 Å². The van der Waals surface area contributed by atoms with Gasteiger partial charge < -0.3 is 0 Å². The van der Waals surface area contributed by atoms with Crippen LogP contribution in [0.3, 0.4) is 0 Å². The molecule has 0 amide bonds. The van der Waals surface area contributed by atoms with E-state index >= 15 is 0 Å². The molecular formula is C40H84BrP.